The lowest BCUT2D eigenvalue weighted by atomic mass is 10.0. The van der Waals surface area contributed by atoms with E-state index in [4.69, 9.17) is 5.11 Å². The molecule has 0 radical (unpaired) electrons. The Morgan fingerprint density at radius 1 is 1.32 bits per heavy atom. The van der Waals surface area contributed by atoms with Crippen LogP contribution in [-0.2, 0) is 16.0 Å². The first kappa shape index (κ1) is 19.1. The van der Waals surface area contributed by atoms with Gasteiger partial charge in [-0.05, 0) is 31.7 Å². The summed E-state index contributed by atoms with van der Waals surface area (Å²) in [6, 6.07) is -0.899. The molecule has 2 rings (SSSR count). The number of carbonyl (C=O) groups excluding carboxylic acids is 1. The Morgan fingerprint density at radius 2 is 2.00 bits per heavy atom. The number of thiophene rings is 1. The molecule has 1 atom stereocenters. The van der Waals surface area contributed by atoms with Crippen LogP contribution in [0.25, 0.3) is 10.2 Å². The molecule has 0 fully saturated rings. The fourth-order valence-electron chi connectivity index (χ4n) is 2.61. The van der Waals surface area contributed by atoms with Gasteiger partial charge in [-0.1, -0.05) is 13.8 Å². The molecule has 0 unspecified atom stereocenters. The molecule has 0 spiro atoms. The van der Waals surface area contributed by atoms with Gasteiger partial charge in [-0.25, -0.2) is 9.78 Å². The van der Waals surface area contributed by atoms with E-state index in [1.807, 2.05) is 27.7 Å². The molecule has 136 valence electrons. The van der Waals surface area contributed by atoms with E-state index in [9.17, 15) is 14.4 Å². The SMILES string of the molecule is Cc1sc2nc(CCC(=O)N[C@@H](CC(C)C)C(=O)O)[nH]c(=O)c2c1C. The number of nitrogens with zero attached hydrogens (tertiary/aromatic N) is 1. The molecule has 1 amide bonds. The Kier molecular flexibility index (Phi) is 5.94. The van der Waals surface area contributed by atoms with Crippen molar-refractivity contribution in [3.05, 3.63) is 26.6 Å². The third-order valence-electron chi connectivity index (χ3n) is 4.02. The number of aromatic nitrogens is 2. The number of hydrogen-bond donors (Lipinski definition) is 3. The van der Waals surface area contributed by atoms with Crippen LogP contribution in [-0.4, -0.2) is 33.0 Å². The number of carboxylic acids is 1. The maximum absolute atomic E-state index is 12.2. The van der Waals surface area contributed by atoms with Crippen molar-refractivity contribution in [3.63, 3.8) is 0 Å². The molecule has 0 saturated heterocycles. The van der Waals surface area contributed by atoms with Crippen LogP contribution in [0.4, 0.5) is 0 Å². The Balaban J connectivity index is 2.05. The number of rotatable bonds is 7. The Morgan fingerprint density at radius 3 is 2.60 bits per heavy atom. The van der Waals surface area contributed by atoms with Crippen molar-refractivity contribution in [1.82, 2.24) is 15.3 Å². The smallest absolute Gasteiger partial charge is 0.326 e. The largest absolute Gasteiger partial charge is 0.480 e. The minimum Gasteiger partial charge on any atom is -0.480 e. The zero-order chi connectivity index (χ0) is 18.7. The number of aromatic amines is 1. The van der Waals surface area contributed by atoms with Crippen molar-refractivity contribution < 1.29 is 14.7 Å². The monoisotopic (exact) mass is 365 g/mol. The number of aliphatic carboxylic acids is 1. The minimum absolute atomic E-state index is 0.0691. The van der Waals surface area contributed by atoms with Crippen LogP contribution in [0.1, 0.15) is 43.0 Å². The molecule has 0 aromatic carbocycles. The molecule has 0 aliphatic rings. The van der Waals surface area contributed by atoms with E-state index >= 15 is 0 Å². The number of aryl methyl sites for hydroxylation is 3. The van der Waals surface area contributed by atoms with Crippen LogP contribution in [0.2, 0.25) is 0 Å². The summed E-state index contributed by atoms with van der Waals surface area (Å²) in [4.78, 5) is 44.3. The minimum atomic E-state index is -1.04. The van der Waals surface area contributed by atoms with E-state index < -0.39 is 12.0 Å². The molecule has 0 saturated carbocycles. The van der Waals surface area contributed by atoms with Crippen molar-refractivity contribution >= 4 is 33.4 Å². The fraction of sp³-hybridized carbons (Fsp3) is 0.529. The van der Waals surface area contributed by atoms with Crippen LogP contribution < -0.4 is 10.9 Å². The summed E-state index contributed by atoms with van der Waals surface area (Å²) in [6.45, 7) is 7.63. The summed E-state index contributed by atoms with van der Waals surface area (Å²) in [5.74, 6) is -0.814. The molecule has 7 nitrogen and oxygen atoms in total. The first-order chi connectivity index (χ1) is 11.7. The molecular formula is C17H23N3O4S. The second-order valence-electron chi connectivity index (χ2n) is 6.56. The lowest BCUT2D eigenvalue weighted by Crippen LogP contribution is -2.41. The summed E-state index contributed by atoms with van der Waals surface area (Å²) in [6.07, 6.45) is 0.691. The number of fused-ring (bicyclic) bond motifs is 1. The lowest BCUT2D eigenvalue weighted by Gasteiger charge is -2.16. The quantitative estimate of drug-likeness (QED) is 0.696. The highest BCUT2D eigenvalue weighted by Crippen LogP contribution is 2.25. The van der Waals surface area contributed by atoms with Crippen molar-refractivity contribution in [2.75, 3.05) is 0 Å². The van der Waals surface area contributed by atoms with E-state index in [0.29, 0.717) is 22.5 Å². The number of amides is 1. The number of carboxylic acid groups (broad SMARTS) is 1. The summed E-state index contributed by atoms with van der Waals surface area (Å²) in [5, 5.41) is 12.3. The van der Waals surface area contributed by atoms with Gasteiger partial charge in [0.25, 0.3) is 5.56 Å². The first-order valence-corrected chi connectivity index (χ1v) is 9.01. The Hall–Kier alpha value is -2.22. The zero-order valence-electron chi connectivity index (χ0n) is 14.8. The number of carbonyl (C=O) groups is 2. The van der Waals surface area contributed by atoms with Gasteiger partial charge in [0, 0.05) is 17.7 Å². The molecule has 8 heteroatoms. The predicted molar refractivity (Wildman–Crippen MR) is 97.1 cm³/mol. The van der Waals surface area contributed by atoms with Crippen molar-refractivity contribution in [2.24, 2.45) is 5.92 Å². The predicted octanol–water partition coefficient (Wildman–Crippen LogP) is 2.15. The van der Waals surface area contributed by atoms with Crippen LogP contribution in [0.15, 0.2) is 4.79 Å². The fourth-order valence-corrected chi connectivity index (χ4v) is 3.66. The molecule has 0 bridgehead atoms. The number of hydrogen-bond acceptors (Lipinski definition) is 5. The zero-order valence-corrected chi connectivity index (χ0v) is 15.6. The lowest BCUT2D eigenvalue weighted by molar-refractivity contribution is -0.142. The molecule has 2 aromatic heterocycles. The molecular weight excluding hydrogens is 342 g/mol. The van der Waals surface area contributed by atoms with Gasteiger partial charge in [0.1, 0.15) is 16.7 Å². The normalized spacial score (nSPS) is 12.5. The standard InChI is InChI=1S/C17H23N3O4S/c1-8(2)7-11(17(23)24)18-13(21)6-5-12-19-15(22)14-9(3)10(4)25-16(14)20-12/h8,11H,5-7H2,1-4H3,(H,18,21)(H,23,24)(H,19,20,22)/t11-/m0/s1. The Labute approximate surface area is 149 Å². The van der Waals surface area contributed by atoms with Crippen molar-refractivity contribution in [1.29, 1.82) is 0 Å². The second-order valence-corrected chi connectivity index (χ2v) is 7.77. The average molecular weight is 365 g/mol. The van der Waals surface area contributed by atoms with Gasteiger partial charge in [-0.15, -0.1) is 11.3 Å². The molecule has 2 aromatic rings. The molecule has 2 heterocycles. The summed E-state index contributed by atoms with van der Waals surface area (Å²) in [5.41, 5.74) is 0.724. The molecule has 0 aliphatic carbocycles. The third kappa shape index (κ3) is 4.66. The summed E-state index contributed by atoms with van der Waals surface area (Å²) >= 11 is 1.45. The Bertz CT molecular complexity index is 853. The highest BCUT2D eigenvalue weighted by Gasteiger charge is 2.21. The van der Waals surface area contributed by atoms with Crippen molar-refractivity contribution in [2.45, 2.75) is 53.0 Å². The number of nitrogens with one attached hydrogen (secondary N) is 2. The number of H-pyrrole nitrogens is 1. The van der Waals surface area contributed by atoms with E-state index in [-0.39, 0.29) is 30.2 Å². The maximum atomic E-state index is 12.2. The molecule has 0 aliphatic heterocycles. The van der Waals surface area contributed by atoms with Gasteiger partial charge in [0.2, 0.25) is 5.91 Å². The van der Waals surface area contributed by atoms with Gasteiger partial charge in [0.15, 0.2) is 0 Å². The van der Waals surface area contributed by atoms with Crippen LogP contribution >= 0.6 is 11.3 Å². The van der Waals surface area contributed by atoms with Gasteiger partial charge in [0.05, 0.1) is 5.39 Å². The van der Waals surface area contributed by atoms with Crippen molar-refractivity contribution in [3.8, 4) is 0 Å². The van der Waals surface area contributed by atoms with E-state index in [2.05, 4.69) is 15.3 Å². The van der Waals surface area contributed by atoms with Crippen LogP contribution in [0.3, 0.4) is 0 Å². The average Bonchev–Trinajstić information content (AvgIpc) is 2.79. The molecule has 3 N–H and O–H groups in total. The highest BCUT2D eigenvalue weighted by atomic mass is 32.1. The van der Waals surface area contributed by atoms with Crippen LogP contribution in [0.5, 0.6) is 0 Å². The highest BCUT2D eigenvalue weighted by molar-refractivity contribution is 7.18. The molecule has 25 heavy (non-hydrogen) atoms. The van der Waals surface area contributed by atoms with Gasteiger partial charge < -0.3 is 15.4 Å². The second kappa shape index (κ2) is 7.77. The van der Waals surface area contributed by atoms with Gasteiger partial charge >= 0.3 is 5.97 Å². The summed E-state index contributed by atoms with van der Waals surface area (Å²) in [7, 11) is 0. The third-order valence-corrected chi connectivity index (χ3v) is 5.12. The van der Waals surface area contributed by atoms with Gasteiger partial charge in [-0.2, -0.15) is 0 Å². The van der Waals surface area contributed by atoms with Gasteiger partial charge in [-0.3, -0.25) is 9.59 Å². The maximum Gasteiger partial charge on any atom is 0.326 e. The first-order valence-electron chi connectivity index (χ1n) is 8.20. The summed E-state index contributed by atoms with van der Waals surface area (Å²) < 4.78 is 0. The van der Waals surface area contributed by atoms with E-state index in [1.165, 1.54) is 11.3 Å². The topological polar surface area (TPSA) is 112 Å². The van der Waals surface area contributed by atoms with E-state index in [0.717, 1.165) is 10.4 Å². The van der Waals surface area contributed by atoms with E-state index in [1.54, 1.807) is 0 Å². The van der Waals surface area contributed by atoms with Crippen LogP contribution in [0, 0.1) is 19.8 Å².